The fraction of sp³-hybridized carbons (Fsp3) is 0.909. The van der Waals surface area contributed by atoms with Gasteiger partial charge in [0.15, 0.2) is 0 Å². The molecule has 0 atom stereocenters. The van der Waals surface area contributed by atoms with Crippen molar-refractivity contribution in [3.8, 4) is 0 Å². The molecule has 0 aromatic heterocycles. The van der Waals surface area contributed by atoms with E-state index in [4.69, 9.17) is 16.3 Å². The fourth-order valence-corrected chi connectivity index (χ4v) is 1.61. The molecule has 0 aliphatic rings. The highest BCUT2D eigenvalue weighted by atomic mass is 35.5. The number of ether oxygens (including phenoxy) is 1. The zero-order chi connectivity index (χ0) is 12.1. The van der Waals surface area contributed by atoms with E-state index in [0.29, 0.717) is 5.88 Å². The van der Waals surface area contributed by atoms with Gasteiger partial charge in [-0.15, -0.1) is 11.6 Å². The Balaban J connectivity index is 4.36. The molecule has 0 aromatic carbocycles. The van der Waals surface area contributed by atoms with Crippen molar-refractivity contribution in [2.75, 3.05) is 5.88 Å². The highest BCUT2D eigenvalue weighted by molar-refractivity contribution is 6.18. The van der Waals surface area contributed by atoms with E-state index in [1.807, 2.05) is 34.6 Å². The van der Waals surface area contributed by atoms with Crippen LogP contribution < -0.4 is 5.32 Å². The first-order valence-electron chi connectivity index (χ1n) is 5.35. The molecule has 0 fully saturated rings. The molecule has 4 heteroatoms. The summed E-state index contributed by atoms with van der Waals surface area (Å²) < 4.78 is 5.19. The number of alkyl halides is 1. The Morgan fingerprint density at radius 3 is 2.00 bits per heavy atom. The van der Waals surface area contributed by atoms with Crippen molar-refractivity contribution in [1.29, 1.82) is 0 Å². The SMILES string of the molecule is CCC(CC)(CCl)NC(=O)OC(C)(C)C. The van der Waals surface area contributed by atoms with Crippen LogP contribution in [0.3, 0.4) is 0 Å². The third-order valence-corrected chi connectivity index (χ3v) is 2.89. The number of nitrogens with one attached hydrogen (secondary N) is 1. The number of rotatable bonds is 4. The van der Waals surface area contributed by atoms with Crippen molar-refractivity contribution >= 4 is 17.7 Å². The molecular weight excluding hydrogens is 214 g/mol. The van der Waals surface area contributed by atoms with E-state index in [2.05, 4.69) is 5.32 Å². The average molecular weight is 236 g/mol. The fourth-order valence-electron chi connectivity index (χ4n) is 1.17. The van der Waals surface area contributed by atoms with Gasteiger partial charge in [0.05, 0.1) is 5.54 Å². The summed E-state index contributed by atoms with van der Waals surface area (Å²) in [5.74, 6) is 0.402. The maximum absolute atomic E-state index is 11.6. The van der Waals surface area contributed by atoms with E-state index in [-0.39, 0.29) is 5.54 Å². The van der Waals surface area contributed by atoms with Crippen LogP contribution in [0.5, 0.6) is 0 Å². The molecule has 0 radical (unpaired) electrons. The number of hydrogen-bond acceptors (Lipinski definition) is 2. The van der Waals surface area contributed by atoms with Crippen LogP contribution in [-0.4, -0.2) is 23.1 Å². The maximum Gasteiger partial charge on any atom is 0.408 e. The summed E-state index contributed by atoms with van der Waals surface area (Å²) in [7, 11) is 0. The summed E-state index contributed by atoms with van der Waals surface area (Å²) in [6.07, 6.45) is 1.20. The van der Waals surface area contributed by atoms with Gasteiger partial charge in [0, 0.05) is 5.88 Å². The maximum atomic E-state index is 11.6. The molecule has 0 saturated carbocycles. The molecule has 0 rings (SSSR count). The predicted octanol–water partition coefficient (Wildman–Crippen LogP) is 3.31. The van der Waals surface area contributed by atoms with Gasteiger partial charge in [0.2, 0.25) is 0 Å². The molecular formula is C11H22ClNO2. The zero-order valence-electron chi connectivity index (χ0n) is 10.3. The summed E-state index contributed by atoms with van der Waals surface area (Å²) in [5.41, 5.74) is -0.812. The second kappa shape index (κ2) is 5.59. The minimum atomic E-state index is -0.469. The van der Waals surface area contributed by atoms with E-state index in [1.165, 1.54) is 0 Å². The molecule has 0 unspecified atom stereocenters. The lowest BCUT2D eigenvalue weighted by Gasteiger charge is -2.31. The smallest absolute Gasteiger partial charge is 0.408 e. The Morgan fingerprint density at radius 2 is 1.73 bits per heavy atom. The number of carbonyl (C=O) groups excluding carboxylic acids is 1. The van der Waals surface area contributed by atoms with Gasteiger partial charge in [-0.2, -0.15) is 0 Å². The molecule has 0 aromatic rings. The third-order valence-electron chi connectivity index (χ3n) is 2.38. The summed E-state index contributed by atoms with van der Waals surface area (Å²) in [4.78, 5) is 11.6. The van der Waals surface area contributed by atoms with E-state index in [1.54, 1.807) is 0 Å². The number of alkyl carbamates (subject to hydrolysis) is 1. The van der Waals surface area contributed by atoms with Gasteiger partial charge in [-0.3, -0.25) is 0 Å². The van der Waals surface area contributed by atoms with Gasteiger partial charge in [-0.25, -0.2) is 4.79 Å². The largest absolute Gasteiger partial charge is 0.444 e. The lowest BCUT2D eigenvalue weighted by atomic mass is 9.96. The molecule has 0 heterocycles. The summed E-state index contributed by atoms with van der Waals surface area (Å²) >= 11 is 5.87. The molecule has 0 bridgehead atoms. The first-order chi connectivity index (χ1) is 6.78. The summed E-state index contributed by atoms with van der Waals surface area (Å²) in [6.45, 7) is 9.53. The topological polar surface area (TPSA) is 38.3 Å². The minimum absolute atomic E-state index is 0.343. The molecule has 0 spiro atoms. The third kappa shape index (κ3) is 5.26. The monoisotopic (exact) mass is 235 g/mol. The average Bonchev–Trinajstić information content (AvgIpc) is 2.11. The van der Waals surface area contributed by atoms with Crippen molar-refractivity contribution in [2.45, 2.75) is 58.6 Å². The lowest BCUT2D eigenvalue weighted by molar-refractivity contribution is 0.0460. The Morgan fingerprint density at radius 1 is 1.27 bits per heavy atom. The molecule has 1 N–H and O–H groups in total. The molecule has 0 aliphatic carbocycles. The standard InChI is InChI=1S/C11H22ClNO2/c1-6-11(7-2,8-12)13-9(14)15-10(3,4)5/h6-8H2,1-5H3,(H,13,14). The molecule has 1 amide bonds. The zero-order valence-corrected chi connectivity index (χ0v) is 11.1. The van der Waals surface area contributed by atoms with Crippen LogP contribution in [0.2, 0.25) is 0 Å². The Labute approximate surface area is 97.5 Å². The van der Waals surface area contributed by atoms with E-state index >= 15 is 0 Å². The number of carbonyl (C=O) groups is 1. The van der Waals surface area contributed by atoms with E-state index in [9.17, 15) is 4.79 Å². The van der Waals surface area contributed by atoms with Crippen molar-refractivity contribution < 1.29 is 9.53 Å². The van der Waals surface area contributed by atoms with E-state index in [0.717, 1.165) is 12.8 Å². The first kappa shape index (κ1) is 14.6. The van der Waals surface area contributed by atoms with Crippen molar-refractivity contribution in [1.82, 2.24) is 5.32 Å². The second-order valence-corrected chi connectivity index (χ2v) is 5.02. The van der Waals surface area contributed by atoms with Crippen LogP contribution in [0.1, 0.15) is 47.5 Å². The Hall–Kier alpha value is -0.440. The minimum Gasteiger partial charge on any atom is -0.444 e. The van der Waals surface area contributed by atoms with Crippen molar-refractivity contribution in [2.24, 2.45) is 0 Å². The second-order valence-electron chi connectivity index (χ2n) is 4.75. The van der Waals surface area contributed by atoms with Gasteiger partial charge < -0.3 is 10.1 Å². The van der Waals surface area contributed by atoms with Gasteiger partial charge >= 0.3 is 6.09 Å². The normalized spacial score (nSPS) is 12.4. The van der Waals surface area contributed by atoms with Gasteiger partial charge in [0.25, 0.3) is 0 Å². The molecule has 15 heavy (non-hydrogen) atoms. The quantitative estimate of drug-likeness (QED) is 0.760. The Bertz CT molecular complexity index is 199. The number of hydrogen-bond donors (Lipinski definition) is 1. The number of halogens is 1. The van der Waals surface area contributed by atoms with Crippen LogP contribution in [0, 0.1) is 0 Å². The number of amides is 1. The summed E-state index contributed by atoms with van der Waals surface area (Å²) in [6, 6.07) is 0. The molecule has 90 valence electrons. The van der Waals surface area contributed by atoms with Gasteiger partial charge in [-0.05, 0) is 33.6 Å². The highest BCUT2D eigenvalue weighted by Gasteiger charge is 2.29. The predicted molar refractivity (Wildman–Crippen MR) is 63.4 cm³/mol. The van der Waals surface area contributed by atoms with Crippen LogP contribution in [0.25, 0.3) is 0 Å². The first-order valence-corrected chi connectivity index (χ1v) is 5.89. The lowest BCUT2D eigenvalue weighted by Crippen LogP contribution is -2.50. The van der Waals surface area contributed by atoms with Crippen molar-refractivity contribution in [3.05, 3.63) is 0 Å². The van der Waals surface area contributed by atoms with Crippen LogP contribution in [0.4, 0.5) is 4.79 Å². The molecule has 0 aliphatic heterocycles. The summed E-state index contributed by atoms with van der Waals surface area (Å²) in [5, 5.41) is 2.84. The van der Waals surface area contributed by atoms with Gasteiger partial charge in [0.1, 0.15) is 5.60 Å². The van der Waals surface area contributed by atoms with Crippen molar-refractivity contribution in [3.63, 3.8) is 0 Å². The van der Waals surface area contributed by atoms with E-state index < -0.39 is 11.7 Å². The van der Waals surface area contributed by atoms with Crippen LogP contribution >= 0.6 is 11.6 Å². The van der Waals surface area contributed by atoms with Crippen LogP contribution in [-0.2, 0) is 4.74 Å². The van der Waals surface area contributed by atoms with Crippen LogP contribution in [0.15, 0.2) is 0 Å². The molecule has 3 nitrogen and oxygen atoms in total. The Kier molecular flexibility index (Phi) is 5.43. The highest BCUT2D eigenvalue weighted by Crippen LogP contribution is 2.18. The van der Waals surface area contributed by atoms with Gasteiger partial charge in [-0.1, -0.05) is 13.8 Å². The molecule has 0 saturated heterocycles.